The molecule has 0 aromatic heterocycles. The number of rotatable bonds is 5. The number of nitro groups is 1. The summed E-state index contributed by atoms with van der Waals surface area (Å²) in [5.74, 6) is -0.381. The number of hydrogen-bond donors (Lipinski definition) is 0. The maximum atomic E-state index is 13.1. The first-order valence-corrected chi connectivity index (χ1v) is 10.6. The molecule has 0 unspecified atom stereocenters. The Kier molecular flexibility index (Phi) is 5.12. The number of carbonyl (C=O) groups excluding carboxylic acids is 1. The van der Waals surface area contributed by atoms with E-state index < -0.39 is 21.5 Å². The molecule has 28 heavy (non-hydrogen) atoms. The van der Waals surface area contributed by atoms with Crippen molar-refractivity contribution in [3.63, 3.8) is 0 Å². The number of carbonyl (C=O) groups is 1. The van der Waals surface area contributed by atoms with Gasteiger partial charge in [-0.1, -0.05) is 24.3 Å². The summed E-state index contributed by atoms with van der Waals surface area (Å²) in [6.45, 7) is 3.12. The summed E-state index contributed by atoms with van der Waals surface area (Å²) in [5.41, 5.74) is 2.22. The molecule has 2 aromatic rings. The van der Waals surface area contributed by atoms with E-state index in [1.54, 1.807) is 11.8 Å². The van der Waals surface area contributed by atoms with Gasteiger partial charge in [-0.2, -0.15) is 0 Å². The number of aryl methyl sites for hydroxylation is 1. The first-order chi connectivity index (χ1) is 13.1. The van der Waals surface area contributed by atoms with E-state index in [-0.39, 0.29) is 23.3 Å². The van der Waals surface area contributed by atoms with Gasteiger partial charge >= 0.3 is 0 Å². The molecular weight excluding hydrogens is 382 g/mol. The molecule has 0 bridgehead atoms. The molecule has 0 fully saturated rings. The third-order valence-corrected chi connectivity index (χ3v) is 5.95. The van der Waals surface area contributed by atoms with Crippen LogP contribution in [0.1, 0.15) is 18.1 Å². The van der Waals surface area contributed by atoms with Gasteiger partial charge in [0.2, 0.25) is 15.9 Å². The van der Waals surface area contributed by atoms with Crippen LogP contribution in [0.25, 0.3) is 0 Å². The molecule has 9 heteroatoms. The molecule has 1 amide bonds. The molecule has 3 rings (SSSR count). The van der Waals surface area contributed by atoms with Crippen LogP contribution in [0.4, 0.5) is 17.1 Å². The monoisotopic (exact) mass is 403 g/mol. The number of sulfonamides is 1. The van der Waals surface area contributed by atoms with Crippen molar-refractivity contribution < 1.29 is 18.1 Å². The van der Waals surface area contributed by atoms with E-state index in [1.165, 1.54) is 18.2 Å². The van der Waals surface area contributed by atoms with Crippen LogP contribution in [0.3, 0.4) is 0 Å². The topological polar surface area (TPSA) is 101 Å². The molecule has 1 aliphatic rings. The Labute approximate surface area is 163 Å². The molecule has 1 atom stereocenters. The largest absolute Gasteiger partial charge is 0.307 e. The summed E-state index contributed by atoms with van der Waals surface area (Å²) in [6.07, 6.45) is 1.68. The summed E-state index contributed by atoms with van der Waals surface area (Å²) in [7, 11) is -3.84. The van der Waals surface area contributed by atoms with E-state index in [0.29, 0.717) is 12.0 Å². The van der Waals surface area contributed by atoms with Crippen molar-refractivity contribution in [2.75, 3.05) is 22.0 Å². The lowest BCUT2D eigenvalue weighted by molar-refractivity contribution is -0.384. The van der Waals surface area contributed by atoms with Crippen molar-refractivity contribution in [3.05, 3.63) is 63.7 Å². The Morgan fingerprint density at radius 1 is 1.29 bits per heavy atom. The highest BCUT2D eigenvalue weighted by Gasteiger charge is 2.33. The number of benzene rings is 2. The summed E-state index contributed by atoms with van der Waals surface area (Å²) in [4.78, 5) is 25.2. The van der Waals surface area contributed by atoms with Crippen LogP contribution in [-0.2, 0) is 21.2 Å². The second-order valence-corrected chi connectivity index (χ2v) is 8.85. The second kappa shape index (κ2) is 7.23. The van der Waals surface area contributed by atoms with Gasteiger partial charge in [0, 0.05) is 23.9 Å². The van der Waals surface area contributed by atoms with Crippen LogP contribution in [0.5, 0.6) is 0 Å². The highest BCUT2D eigenvalue weighted by molar-refractivity contribution is 7.92. The number of nitrogens with zero attached hydrogens (tertiary/aromatic N) is 3. The van der Waals surface area contributed by atoms with Crippen LogP contribution in [-0.4, -0.2) is 38.1 Å². The maximum absolute atomic E-state index is 13.1. The van der Waals surface area contributed by atoms with Gasteiger partial charge in [-0.25, -0.2) is 8.42 Å². The highest BCUT2D eigenvalue weighted by atomic mass is 32.2. The molecule has 8 nitrogen and oxygen atoms in total. The Hall–Kier alpha value is -2.94. The van der Waals surface area contributed by atoms with Crippen molar-refractivity contribution in [2.24, 2.45) is 0 Å². The predicted octanol–water partition coefficient (Wildman–Crippen LogP) is 2.65. The molecule has 1 heterocycles. The van der Waals surface area contributed by atoms with Gasteiger partial charge in [0.25, 0.3) is 5.69 Å². The molecule has 1 aliphatic heterocycles. The maximum Gasteiger partial charge on any atom is 0.271 e. The Morgan fingerprint density at radius 3 is 2.61 bits per heavy atom. The summed E-state index contributed by atoms with van der Waals surface area (Å²) >= 11 is 0. The molecule has 0 spiro atoms. The zero-order chi connectivity index (χ0) is 20.6. The molecule has 0 radical (unpaired) electrons. The van der Waals surface area contributed by atoms with Crippen molar-refractivity contribution in [1.82, 2.24) is 0 Å². The minimum absolute atomic E-state index is 0.0995. The SMILES string of the molecule is Cc1ccc([N+](=O)[O-])cc1N(CC(=O)N1c2ccccc2C[C@@H]1C)S(C)(=O)=O. The molecular formula is C19H21N3O5S. The second-order valence-electron chi connectivity index (χ2n) is 6.94. The van der Waals surface area contributed by atoms with E-state index in [9.17, 15) is 23.3 Å². The lowest BCUT2D eigenvalue weighted by atomic mass is 10.1. The average molecular weight is 403 g/mol. The molecule has 148 valence electrons. The van der Waals surface area contributed by atoms with E-state index in [1.807, 2.05) is 31.2 Å². The zero-order valence-corrected chi connectivity index (χ0v) is 16.6. The van der Waals surface area contributed by atoms with Crippen LogP contribution >= 0.6 is 0 Å². The third kappa shape index (κ3) is 3.70. The van der Waals surface area contributed by atoms with Crippen molar-refractivity contribution in [1.29, 1.82) is 0 Å². The van der Waals surface area contributed by atoms with Crippen LogP contribution in [0, 0.1) is 17.0 Å². The Morgan fingerprint density at radius 2 is 1.96 bits per heavy atom. The highest BCUT2D eigenvalue weighted by Crippen LogP contribution is 2.33. The van der Waals surface area contributed by atoms with E-state index >= 15 is 0 Å². The van der Waals surface area contributed by atoms with E-state index in [0.717, 1.165) is 21.8 Å². The number of anilines is 2. The summed E-state index contributed by atoms with van der Waals surface area (Å²) < 4.78 is 25.8. The van der Waals surface area contributed by atoms with Crippen molar-refractivity contribution in [2.45, 2.75) is 26.3 Å². The minimum atomic E-state index is -3.84. The van der Waals surface area contributed by atoms with Crippen molar-refractivity contribution >= 4 is 33.0 Å². The first-order valence-electron chi connectivity index (χ1n) is 8.72. The van der Waals surface area contributed by atoms with Gasteiger partial charge in [0.1, 0.15) is 6.54 Å². The van der Waals surface area contributed by atoms with Crippen LogP contribution in [0.15, 0.2) is 42.5 Å². The minimum Gasteiger partial charge on any atom is -0.307 e. The fraction of sp³-hybridized carbons (Fsp3) is 0.316. The molecule has 0 aliphatic carbocycles. The first kappa shape index (κ1) is 19.8. The van der Waals surface area contributed by atoms with E-state index in [4.69, 9.17) is 0 Å². The fourth-order valence-corrected chi connectivity index (χ4v) is 4.40. The summed E-state index contributed by atoms with van der Waals surface area (Å²) in [5, 5.41) is 11.1. The Bertz CT molecular complexity index is 1050. The predicted molar refractivity (Wildman–Crippen MR) is 107 cm³/mol. The van der Waals surface area contributed by atoms with Gasteiger partial charge in [-0.3, -0.25) is 19.2 Å². The van der Waals surface area contributed by atoms with Crippen molar-refractivity contribution in [3.8, 4) is 0 Å². The number of amides is 1. The van der Waals surface area contributed by atoms with Gasteiger partial charge in [-0.05, 0) is 37.5 Å². The fourth-order valence-electron chi connectivity index (χ4n) is 3.51. The molecule has 0 N–H and O–H groups in total. The van der Waals surface area contributed by atoms with Gasteiger partial charge in [0.15, 0.2) is 0 Å². The summed E-state index contributed by atoms with van der Waals surface area (Å²) in [6, 6.07) is 11.4. The van der Waals surface area contributed by atoms with Gasteiger partial charge in [0.05, 0.1) is 16.9 Å². The van der Waals surface area contributed by atoms with E-state index in [2.05, 4.69) is 0 Å². The number of fused-ring (bicyclic) bond motifs is 1. The van der Waals surface area contributed by atoms with Gasteiger partial charge in [-0.15, -0.1) is 0 Å². The molecule has 0 saturated heterocycles. The standard InChI is InChI=1S/C19H21N3O5S/c1-13-8-9-16(22(24)25)11-18(13)20(28(3,26)27)12-19(23)21-14(2)10-15-6-4-5-7-17(15)21/h4-9,11,14H,10,12H2,1-3H3/t14-/m0/s1. The normalized spacial score (nSPS) is 16.0. The Balaban J connectivity index is 1.99. The molecule has 2 aromatic carbocycles. The number of para-hydroxylation sites is 1. The zero-order valence-electron chi connectivity index (χ0n) is 15.8. The van der Waals surface area contributed by atoms with Gasteiger partial charge < -0.3 is 4.90 Å². The average Bonchev–Trinajstić information content (AvgIpc) is 2.94. The lowest BCUT2D eigenvalue weighted by Crippen LogP contribution is -2.45. The quantitative estimate of drug-likeness (QED) is 0.564. The number of nitro benzene ring substituents is 1. The lowest BCUT2D eigenvalue weighted by Gasteiger charge is -2.28. The number of hydrogen-bond acceptors (Lipinski definition) is 5. The third-order valence-electron chi connectivity index (χ3n) is 4.83. The molecule has 0 saturated carbocycles. The number of non-ortho nitro benzene ring substituents is 1. The van der Waals surface area contributed by atoms with Crippen LogP contribution in [0.2, 0.25) is 0 Å². The van der Waals surface area contributed by atoms with Crippen LogP contribution < -0.4 is 9.21 Å². The smallest absolute Gasteiger partial charge is 0.271 e.